The Balaban J connectivity index is 0.000000157. The molecule has 0 aliphatic rings. The minimum Gasteiger partial charge on any atom is -0.168 e. The predicted octanol–water partition coefficient (Wildman–Crippen LogP) is 8.03. The molecule has 0 aliphatic heterocycles. The smallest absolute Gasteiger partial charge is 0 e. The first-order chi connectivity index (χ1) is 16.2. The number of hydrogen-bond donors (Lipinski definition) is 0. The summed E-state index contributed by atoms with van der Waals surface area (Å²) in [7, 11) is 0.754. The Hall–Kier alpha value is -2.60. The molecule has 0 N–H and O–H groups in total. The third kappa shape index (κ3) is 5.38. The molecule has 0 saturated carbocycles. The van der Waals surface area contributed by atoms with Crippen molar-refractivity contribution in [1.29, 1.82) is 0 Å². The van der Waals surface area contributed by atoms with E-state index in [9.17, 15) is 0 Å². The fraction of sp³-hybridized carbons (Fsp3) is 0.0625. The van der Waals surface area contributed by atoms with Gasteiger partial charge in [0.1, 0.15) is 0 Å². The van der Waals surface area contributed by atoms with Crippen LogP contribution in [0, 0.1) is 13.8 Å². The van der Waals surface area contributed by atoms with Gasteiger partial charge in [0.15, 0.2) is 0 Å². The van der Waals surface area contributed by atoms with Gasteiger partial charge in [-0.2, -0.15) is 12.1 Å². The van der Waals surface area contributed by atoms with E-state index in [4.69, 9.17) is 0 Å². The van der Waals surface area contributed by atoms with E-state index in [0.29, 0.717) is 0 Å². The molecule has 1 atom stereocenters. The third-order valence-corrected chi connectivity index (χ3v) is 7.61. The van der Waals surface area contributed by atoms with Crippen LogP contribution in [0.1, 0.15) is 11.1 Å². The fourth-order valence-electron chi connectivity index (χ4n) is 4.37. The molecule has 0 aliphatic carbocycles. The van der Waals surface area contributed by atoms with Gasteiger partial charge in [-0.05, 0) is 23.4 Å². The van der Waals surface area contributed by atoms with Crippen LogP contribution in [0.5, 0.6) is 0 Å². The van der Waals surface area contributed by atoms with Crippen molar-refractivity contribution in [2.75, 3.05) is 0 Å². The molecule has 6 aromatic rings. The number of benzene rings is 4. The molecule has 166 valence electrons. The second-order valence-corrected chi connectivity index (χ2v) is 9.81. The van der Waals surface area contributed by atoms with Crippen molar-refractivity contribution in [2.45, 2.75) is 13.8 Å². The molecule has 1 unspecified atom stereocenters. The maximum atomic E-state index is 2.26. The molecular weight excluding hydrogens is 594 g/mol. The fourth-order valence-corrected chi connectivity index (χ4v) is 5.65. The molecule has 34 heavy (non-hydrogen) atoms. The largest absolute Gasteiger partial charge is 0.168 e. The molecule has 2 heteroatoms. The van der Waals surface area contributed by atoms with E-state index >= 15 is 0 Å². The van der Waals surface area contributed by atoms with E-state index in [1.54, 1.807) is 0 Å². The van der Waals surface area contributed by atoms with Gasteiger partial charge < -0.3 is 0 Å². The summed E-state index contributed by atoms with van der Waals surface area (Å²) in [6.45, 7) is 4.34. The molecule has 0 nitrogen and oxygen atoms in total. The van der Waals surface area contributed by atoms with Crippen LogP contribution < -0.4 is 10.6 Å². The molecular formula is C32H27HfP-2. The minimum atomic E-state index is 0. The predicted molar refractivity (Wildman–Crippen MR) is 148 cm³/mol. The Morgan fingerprint density at radius 3 is 2.26 bits per heavy atom. The van der Waals surface area contributed by atoms with E-state index < -0.39 is 0 Å². The summed E-state index contributed by atoms with van der Waals surface area (Å²) >= 11 is 0. The quantitative estimate of drug-likeness (QED) is 0.107. The molecule has 0 fully saturated rings. The molecule has 0 amide bonds. The average Bonchev–Trinajstić information content (AvgIpc) is 3.44. The maximum Gasteiger partial charge on any atom is 0 e. The van der Waals surface area contributed by atoms with Crippen molar-refractivity contribution in [3.63, 3.8) is 0 Å². The number of hydrogen-bond acceptors (Lipinski definition) is 0. The zero-order chi connectivity index (χ0) is 22.6. The Kier molecular flexibility index (Phi) is 8.09. The minimum absolute atomic E-state index is 0. The summed E-state index contributed by atoms with van der Waals surface area (Å²) in [6, 6.07) is 43.3. The molecule has 6 aromatic carbocycles. The summed E-state index contributed by atoms with van der Waals surface area (Å²) in [5.41, 5.74) is 5.33. The van der Waals surface area contributed by atoms with E-state index in [1.807, 2.05) is 0 Å². The van der Waals surface area contributed by atoms with Gasteiger partial charge in [0.05, 0.1) is 0 Å². The molecule has 0 bridgehead atoms. The van der Waals surface area contributed by atoms with Gasteiger partial charge in [0.25, 0.3) is 0 Å². The van der Waals surface area contributed by atoms with Crippen molar-refractivity contribution < 1.29 is 25.8 Å². The zero-order valence-electron chi connectivity index (χ0n) is 19.5. The monoisotopic (exact) mass is 622 g/mol. The first-order valence-corrected chi connectivity index (χ1v) is 12.4. The van der Waals surface area contributed by atoms with Crippen LogP contribution in [0.2, 0.25) is 0 Å². The second kappa shape index (κ2) is 11.2. The second-order valence-electron chi connectivity index (χ2n) is 8.48. The van der Waals surface area contributed by atoms with Crippen molar-refractivity contribution in [3.05, 3.63) is 132 Å². The van der Waals surface area contributed by atoms with Crippen LogP contribution in [-0.2, 0) is 25.8 Å². The van der Waals surface area contributed by atoms with Crippen LogP contribution in [0.25, 0.3) is 32.7 Å². The van der Waals surface area contributed by atoms with Crippen LogP contribution in [0.3, 0.4) is 0 Å². The van der Waals surface area contributed by atoms with Crippen LogP contribution in [-0.4, -0.2) is 0 Å². The third-order valence-electron chi connectivity index (χ3n) is 6.07. The van der Waals surface area contributed by atoms with Gasteiger partial charge in [-0.25, -0.2) is 0 Å². The average molecular weight is 621 g/mol. The van der Waals surface area contributed by atoms with Crippen LogP contribution >= 0.6 is 8.58 Å². The molecule has 6 rings (SSSR count). The number of rotatable bonds is 3. The van der Waals surface area contributed by atoms with E-state index in [1.165, 1.54) is 54.4 Å². The van der Waals surface area contributed by atoms with Gasteiger partial charge in [0, 0.05) is 25.8 Å². The summed E-state index contributed by atoms with van der Waals surface area (Å²) in [5, 5.41) is 8.33. The summed E-state index contributed by atoms with van der Waals surface area (Å²) in [4.78, 5) is 0. The van der Waals surface area contributed by atoms with Gasteiger partial charge >= 0.3 is 0 Å². The summed E-state index contributed by atoms with van der Waals surface area (Å²) < 4.78 is 0. The van der Waals surface area contributed by atoms with Crippen molar-refractivity contribution in [3.8, 4) is 11.1 Å². The number of aryl methyl sites for hydroxylation is 2. The Morgan fingerprint density at radius 2 is 1.44 bits per heavy atom. The molecule has 0 heterocycles. The van der Waals surface area contributed by atoms with Crippen molar-refractivity contribution in [1.82, 2.24) is 0 Å². The summed E-state index contributed by atoms with van der Waals surface area (Å²) in [6.07, 6.45) is 0. The topological polar surface area (TPSA) is 0 Å². The van der Waals surface area contributed by atoms with Crippen molar-refractivity contribution in [2.24, 2.45) is 0 Å². The van der Waals surface area contributed by atoms with Gasteiger partial charge in [-0.15, -0.1) is 83.5 Å². The Labute approximate surface area is 223 Å². The molecule has 0 radical (unpaired) electrons. The zero-order valence-corrected chi connectivity index (χ0v) is 24.1. The Bertz CT molecular complexity index is 1500. The van der Waals surface area contributed by atoms with Crippen molar-refractivity contribution >= 4 is 40.7 Å². The Morgan fingerprint density at radius 1 is 0.706 bits per heavy atom. The molecule has 0 aromatic heterocycles. The molecule has 0 spiro atoms. The van der Waals surface area contributed by atoms with E-state index in [-0.39, 0.29) is 25.8 Å². The summed E-state index contributed by atoms with van der Waals surface area (Å²) in [5.74, 6) is 0. The van der Waals surface area contributed by atoms with E-state index in [0.717, 1.165) is 8.58 Å². The van der Waals surface area contributed by atoms with Crippen LogP contribution in [0.15, 0.2) is 121 Å². The number of fused-ring (bicyclic) bond motifs is 2. The van der Waals surface area contributed by atoms with Gasteiger partial charge in [-0.1, -0.05) is 79.2 Å². The van der Waals surface area contributed by atoms with Gasteiger partial charge in [-0.3, -0.25) is 0 Å². The van der Waals surface area contributed by atoms with Gasteiger partial charge in [0.2, 0.25) is 0 Å². The van der Waals surface area contributed by atoms with E-state index in [2.05, 4.69) is 135 Å². The SMILES string of the molecule is Cc1cc2c(-c3ccccc3)cccc2[cH-]1.Cc1ccccc1P[c-]1ccc2ccccc21.[Hf]. The van der Waals surface area contributed by atoms with Crippen LogP contribution in [0.4, 0.5) is 0 Å². The first-order valence-electron chi connectivity index (χ1n) is 11.4. The maximum absolute atomic E-state index is 2.26. The normalized spacial score (nSPS) is 10.9. The first kappa shape index (κ1) is 24.5. The standard InChI is InChI=1S/C16H14P.C16H13.Hf/c1-12-6-2-5-9-15(12)17-16-11-10-13-7-3-4-8-14(13)16;1-12-10-14-8-5-9-15(16(14)11-12)13-6-3-2-4-7-13;/h2-11,17H,1H3;2-11H,1H3;/q2*-1;. The molecule has 0 saturated heterocycles.